The molecule has 0 radical (unpaired) electrons. The Morgan fingerprint density at radius 3 is 2.87 bits per heavy atom. The van der Waals surface area contributed by atoms with Crippen LogP contribution < -0.4 is 0 Å². The average Bonchev–Trinajstić information content (AvgIpc) is 2.71. The van der Waals surface area contributed by atoms with Gasteiger partial charge in [-0.05, 0) is 18.2 Å². The van der Waals surface area contributed by atoms with Crippen LogP contribution in [0.5, 0.6) is 0 Å². The highest BCUT2D eigenvalue weighted by molar-refractivity contribution is 6.32. The molecule has 0 fully saturated rings. The molecule has 0 aliphatic rings. The molecule has 76 valence electrons. The summed E-state index contributed by atoms with van der Waals surface area (Å²) >= 11 is 5.91. The van der Waals surface area contributed by atoms with Gasteiger partial charge < -0.3 is 5.11 Å². The monoisotopic (exact) mass is 223 g/mol. The summed E-state index contributed by atoms with van der Waals surface area (Å²) in [6.07, 6.45) is 3.08. The maximum absolute atomic E-state index is 10.7. The number of aromatic carboxylic acids is 1. The van der Waals surface area contributed by atoms with E-state index in [2.05, 4.69) is 10.3 Å². The Balaban J connectivity index is 2.55. The largest absolute Gasteiger partial charge is 0.478 e. The Morgan fingerprint density at radius 2 is 2.27 bits per heavy atom. The molecule has 2 aromatic rings. The van der Waals surface area contributed by atoms with E-state index in [9.17, 15) is 4.79 Å². The lowest BCUT2D eigenvalue weighted by Gasteiger charge is -2.04. The molecule has 0 spiro atoms. The van der Waals surface area contributed by atoms with Gasteiger partial charge in [0.25, 0.3) is 0 Å². The quantitative estimate of drug-likeness (QED) is 0.840. The lowest BCUT2D eigenvalue weighted by Crippen LogP contribution is -2.01. The van der Waals surface area contributed by atoms with Crippen molar-refractivity contribution in [1.82, 2.24) is 15.0 Å². The van der Waals surface area contributed by atoms with Gasteiger partial charge in [0.1, 0.15) is 0 Å². The smallest absolute Gasteiger partial charge is 0.335 e. The Kier molecular flexibility index (Phi) is 2.39. The Hall–Kier alpha value is -1.88. The zero-order chi connectivity index (χ0) is 10.8. The number of nitrogens with zero attached hydrogens (tertiary/aromatic N) is 3. The molecule has 0 amide bonds. The van der Waals surface area contributed by atoms with Gasteiger partial charge in [-0.25, -0.2) is 9.48 Å². The molecular weight excluding hydrogens is 218 g/mol. The minimum absolute atomic E-state index is 0.157. The normalized spacial score (nSPS) is 10.2. The summed E-state index contributed by atoms with van der Waals surface area (Å²) in [5, 5.41) is 16.6. The molecule has 0 saturated carbocycles. The highest BCUT2D eigenvalue weighted by atomic mass is 35.5. The highest BCUT2D eigenvalue weighted by Crippen LogP contribution is 2.20. The van der Waals surface area contributed by atoms with E-state index in [4.69, 9.17) is 16.7 Å². The van der Waals surface area contributed by atoms with Crippen LogP contribution >= 0.6 is 11.6 Å². The molecule has 5 nitrogen and oxygen atoms in total. The van der Waals surface area contributed by atoms with Gasteiger partial charge in [0, 0.05) is 0 Å². The zero-order valence-corrected chi connectivity index (χ0v) is 8.22. The number of hydrogen-bond acceptors (Lipinski definition) is 3. The van der Waals surface area contributed by atoms with Crippen LogP contribution in [0.15, 0.2) is 30.6 Å². The molecule has 1 N–H and O–H groups in total. The van der Waals surface area contributed by atoms with Crippen molar-refractivity contribution >= 4 is 17.6 Å². The standard InChI is InChI=1S/C9H6ClN3O2/c10-7-2-1-6(9(14)15)5-8(7)13-4-3-11-12-13/h1-5H,(H,14,15). The van der Waals surface area contributed by atoms with Gasteiger partial charge >= 0.3 is 5.97 Å². The summed E-state index contributed by atoms with van der Waals surface area (Å²) in [6, 6.07) is 4.40. The van der Waals surface area contributed by atoms with Gasteiger partial charge in [-0.15, -0.1) is 5.10 Å². The predicted octanol–water partition coefficient (Wildman–Crippen LogP) is 1.62. The molecule has 1 heterocycles. The van der Waals surface area contributed by atoms with E-state index in [1.54, 1.807) is 6.20 Å². The van der Waals surface area contributed by atoms with Crippen molar-refractivity contribution in [2.75, 3.05) is 0 Å². The first-order chi connectivity index (χ1) is 7.18. The fourth-order valence-electron chi connectivity index (χ4n) is 1.16. The molecule has 6 heteroatoms. The van der Waals surface area contributed by atoms with Crippen molar-refractivity contribution in [3.63, 3.8) is 0 Å². The van der Waals surface area contributed by atoms with E-state index >= 15 is 0 Å². The first-order valence-corrected chi connectivity index (χ1v) is 4.46. The second kappa shape index (κ2) is 3.70. The van der Waals surface area contributed by atoms with Crippen LogP contribution in [-0.2, 0) is 0 Å². The van der Waals surface area contributed by atoms with Gasteiger partial charge in [0.05, 0.1) is 28.7 Å². The number of carboxylic acid groups (broad SMARTS) is 1. The molecule has 0 aliphatic heterocycles. The topological polar surface area (TPSA) is 68.0 Å². The highest BCUT2D eigenvalue weighted by Gasteiger charge is 2.08. The third-order valence-corrected chi connectivity index (χ3v) is 2.18. The van der Waals surface area contributed by atoms with E-state index in [0.717, 1.165) is 0 Å². The predicted molar refractivity (Wildman–Crippen MR) is 53.3 cm³/mol. The minimum Gasteiger partial charge on any atom is -0.478 e. The first kappa shape index (κ1) is 9.67. The number of hydrogen-bond donors (Lipinski definition) is 1. The van der Waals surface area contributed by atoms with Crippen LogP contribution in [0.1, 0.15) is 10.4 Å². The van der Waals surface area contributed by atoms with Crippen LogP contribution in [0.25, 0.3) is 5.69 Å². The van der Waals surface area contributed by atoms with Crippen LogP contribution in [0.4, 0.5) is 0 Å². The molecule has 0 unspecified atom stereocenters. The van der Waals surface area contributed by atoms with Crippen molar-refractivity contribution in [2.24, 2.45) is 0 Å². The lowest BCUT2D eigenvalue weighted by molar-refractivity contribution is 0.0697. The van der Waals surface area contributed by atoms with E-state index in [1.807, 2.05) is 0 Å². The molecule has 1 aromatic carbocycles. The number of carboxylic acids is 1. The van der Waals surface area contributed by atoms with Gasteiger partial charge in [-0.1, -0.05) is 16.8 Å². The van der Waals surface area contributed by atoms with Gasteiger partial charge in [-0.2, -0.15) is 0 Å². The number of aromatic nitrogens is 3. The minimum atomic E-state index is -1.01. The number of benzene rings is 1. The molecule has 0 bridgehead atoms. The van der Waals surface area contributed by atoms with Crippen molar-refractivity contribution in [3.05, 3.63) is 41.2 Å². The maximum atomic E-state index is 10.7. The van der Waals surface area contributed by atoms with E-state index < -0.39 is 5.97 Å². The van der Waals surface area contributed by atoms with E-state index in [0.29, 0.717) is 10.7 Å². The van der Waals surface area contributed by atoms with E-state index in [-0.39, 0.29) is 5.56 Å². The number of carbonyl (C=O) groups is 1. The van der Waals surface area contributed by atoms with Crippen molar-refractivity contribution < 1.29 is 9.90 Å². The summed E-state index contributed by atoms with van der Waals surface area (Å²) in [6.45, 7) is 0. The van der Waals surface area contributed by atoms with Crippen LogP contribution in [0.2, 0.25) is 5.02 Å². The third kappa shape index (κ3) is 1.82. The summed E-state index contributed by atoms with van der Waals surface area (Å²) in [4.78, 5) is 10.7. The molecule has 0 aliphatic carbocycles. The van der Waals surface area contributed by atoms with Crippen molar-refractivity contribution in [2.45, 2.75) is 0 Å². The third-order valence-electron chi connectivity index (χ3n) is 1.86. The SMILES string of the molecule is O=C(O)c1ccc(Cl)c(-n2ccnn2)c1. The van der Waals surface area contributed by atoms with Crippen molar-refractivity contribution in [1.29, 1.82) is 0 Å². The van der Waals surface area contributed by atoms with Crippen LogP contribution in [0, 0.1) is 0 Å². The molecule has 1 aromatic heterocycles. The summed E-state index contributed by atoms with van der Waals surface area (Å²) in [7, 11) is 0. The summed E-state index contributed by atoms with van der Waals surface area (Å²) in [5.41, 5.74) is 0.652. The molecule has 2 rings (SSSR count). The average molecular weight is 224 g/mol. The Bertz CT molecular complexity index is 496. The van der Waals surface area contributed by atoms with Crippen molar-refractivity contribution in [3.8, 4) is 5.69 Å². The second-order valence-corrected chi connectivity index (χ2v) is 3.23. The lowest BCUT2D eigenvalue weighted by atomic mass is 10.2. The Labute approximate surface area is 89.9 Å². The van der Waals surface area contributed by atoms with E-state index in [1.165, 1.54) is 29.1 Å². The Morgan fingerprint density at radius 1 is 1.47 bits per heavy atom. The summed E-state index contributed by atoms with van der Waals surface area (Å²) < 4.78 is 1.41. The molecular formula is C9H6ClN3O2. The fraction of sp³-hybridized carbons (Fsp3) is 0. The first-order valence-electron chi connectivity index (χ1n) is 4.08. The molecule has 0 atom stereocenters. The van der Waals surface area contributed by atoms with Gasteiger partial charge in [0.2, 0.25) is 0 Å². The molecule has 0 saturated heterocycles. The van der Waals surface area contributed by atoms with Crippen LogP contribution in [-0.4, -0.2) is 26.1 Å². The fourth-order valence-corrected chi connectivity index (χ4v) is 1.36. The zero-order valence-electron chi connectivity index (χ0n) is 7.46. The van der Waals surface area contributed by atoms with Crippen LogP contribution in [0.3, 0.4) is 0 Å². The number of halogens is 1. The summed E-state index contributed by atoms with van der Waals surface area (Å²) in [5.74, 6) is -1.01. The molecule has 15 heavy (non-hydrogen) atoms. The second-order valence-electron chi connectivity index (χ2n) is 2.82. The van der Waals surface area contributed by atoms with Gasteiger partial charge in [-0.3, -0.25) is 0 Å². The van der Waals surface area contributed by atoms with Gasteiger partial charge in [0.15, 0.2) is 0 Å². The maximum Gasteiger partial charge on any atom is 0.335 e. The number of rotatable bonds is 2.